The molecule has 8 nitrogen and oxygen atoms in total. The summed E-state index contributed by atoms with van der Waals surface area (Å²) >= 11 is 0. The molecule has 0 spiro atoms. The van der Waals surface area contributed by atoms with Gasteiger partial charge in [-0.15, -0.1) is 0 Å². The fraction of sp³-hybridized carbons (Fsp3) is 0.222. The number of nitrogens with two attached hydrogens (primary N) is 1. The zero-order valence-corrected chi connectivity index (χ0v) is 14.2. The average molecular weight is 352 g/mol. The lowest BCUT2D eigenvalue weighted by Gasteiger charge is -2.32. The fourth-order valence-electron chi connectivity index (χ4n) is 3.50. The molecule has 0 saturated heterocycles. The maximum absolute atomic E-state index is 12.6. The van der Waals surface area contributed by atoms with Crippen molar-refractivity contribution in [3.05, 3.63) is 56.9 Å². The summed E-state index contributed by atoms with van der Waals surface area (Å²) in [6.45, 7) is 4.00. The van der Waals surface area contributed by atoms with E-state index in [1.807, 2.05) is 6.07 Å². The highest BCUT2D eigenvalue weighted by Crippen LogP contribution is 2.33. The molecule has 132 valence electrons. The highest BCUT2D eigenvalue weighted by Gasteiger charge is 2.36. The van der Waals surface area contributed by atoms with Gasteiger partial charge in [0.2, 0.25) is 5.91 Å². The van der Waals surface area contributed by atoms with E-state index in [4.69, 9.17) is 5.73 Å². The fourth-order valence-corrected chi connectivity index (χ4v) is 3.50. The van der Waals surface area contributed by atoms with Crippen LogP contribution in [0.15, 0.2) is 29.1 Å². The number of nitrogen functional groups attached to an aromatic ring is 1. The Morgan fingerprint density at radius 1 is 1.08 bits per heavy atom. The van der Waals surface area contributed by atoms with Crippen molar-refractivity contribution in [3.63, 3.8) is 0 Å². The van der Waals surface area contributed by atoms with Gasteiger partial charge in [0.15, 0.2) is 0 Å². The second-order valence-electron chi connectivity index (χ2n) is 6.92. The van der Waals surface area contributed by atoms with Gasteiger partial charge in [-0.2, -0.15) is 0 Å². The SMILES string of the molecule is CC1(C)C(=O)NCc2ccc(-n3c(N)c4c(cc3=O)C(=O)NC4=O)cc21. The summed E-state index contributed by atoms with van der Waals surface area (Å²) in [6.07, 6.45) is 0. The summed E-state index contributed by atoms with van der Waals surface area (Å²) in [5.74, 6) is -1.48. The average Bonchev–Trinajstić information content (AvgIpc) is 2.86. The summed E-state index contributed by atoms with van der Waals surface area (Å²) in [5, 5.41) is 4.97. The van der Waals surface area contributed by atoms with E-state index in [1.165, 1.54) is 4.57 Å². The number of carbonyl (C=O) groups excluding carboxylic acids is 3. The molecule has 4 N–H and O–H groups in total. The van der Waals surface area contributed by atoms with E-state index in [0.717, 1.165) is 17.2 Å². The smallest absolute Gasteiger partial charge is 0.262 e. The molecule has 2 aliphatic rings. The number of hydrogen-bond acceptors (Lipinski definition) is 5. The number of carbonyl (C=O) groups is 3. The van der Waals surface area contributed by atoms with Gasteiger partial charge in [-0.25, -0.2) is 0 Å². The highest BCUT2D eigenvalue weighted by atomic mass is 16.2. The minimum Gasteiger partial charge on any atom is -0.384 e. The number of hydrogen-bond donors (Lipinski definition) is 3. The van der Waals surface area contributed by atoms with Crippen LogP contribution >= 0.6 is 0 Å². The van der Waals surface area contributed by atoms with Gasteiger partial charge >= 0.3 is 0 Å². The van der Waals surface area contributed by atoms with E-state index in [0.29, 0.717) is 12.2 Å². The monoisotopic (exact) mass is 352 g/mol. The van der Waals surface area contributed by atoms with Crippen molar-refractivity contribution in [1.29, 1.82) is 0 Å². The van der Waals surface area contributed by atoms with E-state index in [2.05, 4.69) is 10.6 Å². The van der Waals surface area contributed by atoms with E-state index in [1.54, 1.807) is 26.0 Å². The van der Waals surface area contributed by atoms with E-state index < -0.39 is 22.8 Å². The minimum atomic E-state index is -0.772. The second kappa shape index (κ2) is 5.04. The number of anilines is 1. The first-order valence-electron chi connectivity index (χ1n) is 8.05. The van der Waals surface area contributed by atoms with Crippen molar-refractivity contribution >= 4 is 23.5 Å². The summed E-state index contributed by atoms with van der Waals surface area (Å²) in [4.78, 5) is 48.5. The molecule has 0 saturated carbocycles. The first kappa shape index (κ1) is 16.1. The Morgan fingerprint density at radius 3 is 2.54 bits per heavy atom. The summed E-state index contributed by atoms with van der Waals surface area (Å²) in [7, 11) is 0. The zero-order valence-electron chi connectivity index (χ0n) is 14.2. The lowest BCUT2D eigenvalue weighted by molar-refractivity contribution is -0.126. The number of amides is 3. The van der Waals surface area contributed by atoms with E-state index in [9.17, 15) is 19.2 Å². The zero-order chi connectivity index (χ0) is 18.8. The van der Waals surface area contributed by atoms with E-state index in [-0.39, 0.29) is 22.9 Å². The largest absolute Gasteiger partial charge is 0.384 e. The number of fused-ring (bicyclic) bond motifs is 2. The standard InChI is InChI=1S/C18H16N4O4/c1-18(2)11-5-9(4-3-8(11)7-20-17(18)26)22-12(23)6-10-13(14(22)19)16(25)21-15(10)24/h3-6H,7,19H2,1-2H3,(H,20,26)(H,21,24,25). The van der Waals surface area contributed by atoms with Crippen LogP contribution in [0, 0.1) is 0 Å². The molecule has 0 fully saturated rings. The molecule has 0 bridgehead atoms. The number of nitrogens with one attached hydrogen (secondary N) is 2. The van der Waals surface area contributed by atoms with Crippen molar-refractivity contribution in [1.82, 2.24) is 15.2 Å². The normalized spacial score (nSPS) is 17.4. The molecule has 1 aromatic carbocycles. The summed E-state index contributed by atoms with van der Waals surface area (Å²) in [5.41, 5.74) is 6.90. The molecule has 0 radical (unpaired) electrons. The molecular weight excluding hydrogens is 336 g/mol. The van der Waals surface area contributed by atoms with Gasteiger partial charge in [0.1, 0.15) is 5.82 Å². The molecule has 1 aromatic heterocycles. The third-order valence-electron chi connectivity index (χ3n) is 4.99. The van der Waals surface area contributed by atoms with Gasteiger partial charge < -0.3 is 11.1 Å². The lowest BCUT2D eigenvalue weighted by atomic mass is 9.78. The molecule has 3 heterocycles. The molecule has 0 aliphatic carbocycles. The van der Waals surface area contributed by atoms with Crippen LogP contribution in [0.25, 0.3) is 5.69 Å². The molecule has 2 aliphatic heterocycles. The van der Waals surface area contributed by atoms with Crippen molar-refractivity contribution in [2.45, 2.75) is 25.8 Å². The Labute approximate surface area is 148 Å². The van der Waals surface area contributed by atoms with Crippen LogP contribution < -0.4 is 21.9 Å². The third kappa shape index (κ3) is 2.01. The molecule has 8 heteroatoms. The predicted octanol–water partition coefficient (Wildman–Crippen LogP) is 0.211. The second-order valence-corrected chi connectivity index (χ2v) is 6.92. The topological polar surface area (TPSA) is 123 Å². The minimum absolute atomic E-state index is 0.00989. The number of imide groups is 1. The summed E-state index contributed by atoms with van der Waals surface area (Å²) < 4.78 is 1.18. The molecule has 2 aromatic rings. The molecule has 3 amide bonds. The Bertz CT molecular complexity index is 1080. The number of nitrogens with zero attached hydrogens (tertiary/aromatic N) is 1. The van der Waals surface area contributed by atoms with Crippen molar-refractivity contribution in [3.8, 4) is 5.69 Å². The quantitative estimate of drug-likeness (QED) is 0.633. The van der Waals surface area contributed by atoms with Crippen LogP contribution in [0.5, 0.6) is 0 Å². The number of pyridine rings is 1. The van der Waals surface area contributed by atoms with Crippen LogP contribution in [-0.4, -0.2) is 22.3 Å². The maximum Gasteiger partial charge on any atom is 0.262 e. The Balaban J connectivity index is 1.96. The van der Waals surface area contributed by atoms with Crippen LogP contribution in [-0.2, 0) is 16.8 Å². The Morgan fingerprint density at radius 2 is 1.81 bits per heavy atom. The molecule has 0 atom stereocenters. The first-order valence-corrected chi connectivity index (χ1v) is 8.05. The van der Waals surface area contributed by atoms with Crippen molar-refractivity contribution < 1.29 is 14.4 Å². The summed E-state index contributed by atoms with van der Waals surface area (Å²) in [6, 6.07) is 6.34. The Hall–Kier alpha value is -3.42. The van der Waals surface area contributed by atoms with Crippen LogP contribution in [0.4, 0.5) is 5.82 Å². The molecule has 26 heavy (non-hydrogen) atoms. The van der Waals surface area contributed by atoms with Gasteiger partial charge in [-0.3, -0.25) is 29.1 Å². The van der Waals surface area contributed by atoms with Gasteiger partial charge in [-0.05, 0) is 37.1 Å². The van der Waals surface area contributed by atoms with Crippen LogP contribution in [0.1, 0.15) is 45.7 Å². The maximum atomic E-state index is 12.6. The number of rotatable bonds is 1. The van der Waals surface area contributed by atoms with Gasteiger partial charge in [0.05, 0.1) is 22.2 Å². The molecule has 4 rings (SSSR count). The predicted molar refractivity (Wildman–Crippen MR) is 93.1 cm³/mol. The van der Waals surface area contributed by atoms with E-state index >= 15 is 0 Å². The van der Waals surface area contributed by atoms with Gasteiger partial charge in [0, 0.05) is 12.6 Å². The number of aromatic nitrogens is 1. The Kier molecular flexibility index (Phi) is 3.12. The molecular formula is C18H16N4O4. The van der Waals surface area contributed by atoms with Gasteiger partial charge in [-0.1, -0.05) is 6.07 Å². The van der Waals surface area contributed by atoms with Gasteiger partial charge in [0.25, 0.3) is 17.4 Å². The molecule has 0 unspecified atom stereocenters. The third-order valence-corrected chi connectivity index (χ3v) is 4.99. The van der Waals surface area contributed by atoms with Crippen molar-refractivity contribution in [2.75, 3.05) is 5.73 Å². The first-order chi connectivity index (χ1) is 12.2. The van der Waals surface area contributed by atoms with Crippen molar-refractivity contribution in [2.24, 2.45) is 0 Å². The lowest BCUT2D eigenvalue weighted by Crippen LogP contribution is -2.44. The van der Waals surface area contributed by atoms with Crippen LogP contribution in [0.3, 0.4) is 0 Å². The van der Waals surface area contributed by atoms with Crippen LogP contribution in [0.2, 0.25) is 0 Å². The highest BCUT2D eigenvalue weighted by molar-refractivity contribution is 6.23. The number of benzene rings is 1.